The van der Waals surface area contributed by atoms with Crippen molar-refractivity contribution in [1.82, 2.24) is 15.3 Å². The van der Waals surface area contributed by atoms with Gasteiger partial charge in [0.15, 0.2) is 0 Å². The van der Waals surface area contributed by atoms with Crippen LogP contribution in [0.5, 0.6) is 0 Å². The summed E-state index contributed by atoms with van der Waals surface area (Å²) in [5.74, 6) is -0.248. The van der Waals surface area contributed by atoms with Crippen LogP contribution in [0.3, 0.4) is 0 Å². The van der Waals surface area contributed by atoms with Gasteiger partial charge >= 0.3 is 0 Å². The fourth-order valence-corrected chi connectivity index (χ4v) is 3.76. The van der Waals surface area contributed by atoms with Crippen molar-refractivity contribution in [2.24, 2.45) is 5.73 Å². The molecule has 0 radical (unpaired) electrons. The number of nitrogens with two attached hydrogens (primary N) is 1. The minimum absolute atomic E-state index is 0.231. The third-order valence-electron chi connectivity index (χ3n) is 5.56. The zero-order valence-corrected chi connectivity index (χ0v) is 19.5. The van der Waals surface area contributed by atoms with Gasteiger partial charge in [-0.2, -0.15) is 5.26 Å². The van der Waals surface area contributed by atoms with E-state index in [9.17, 15) is 14.4 Å². The largest absolute Gasteiger partial charge is 0.369 e. The summed E-state index contributed by atoms with van der Waals surface area (Å²) in [6, 6.07) is 24.6. The van der Waals surface area contributed by atoms with Crippen molar-refractivity contribution >= 4 is 11.7 Å². The highest BCUT2D eigenvalue weighted by Gasteiger charge is 2.16. The third kappa shape index (κ3) is 6.09. The van der Waals surface area contributed by atoms with Crippen LogP contribution in [-0.4, -0.2) is 22.4 Å². The molecule has 4 aromatic rings. The van der Waals surface area contributed by atoms with Gasteiger partial charge in [0.1, 0.15) is 11.6 Å². The highest BCUT2D eigenvalue weighted by Crippen LogP contribution is 2.25. The summed E-state index contributed by atoms with van der Waals surface area (Å²) in [5, 5.41) is 15.6. The molecule has 4 N–H and O–H groups in total. The number of nitriles is 1. The Kier molecular flexibility index (Phi) is 7.96. The second-order valence-electron chi connectivity index (χ2n) is 8.06. The van der Waals surface area contributed by atoms with E-state index in [2.05, 4.69) is 26.7 Å². The number of carbonyl (C=O) groups is 1. The standard InChI is InChI=1S/C28H25FN6O/c29-21-7-3-5-19(15-21)13-14-32-27-25(28(36)33-18-23-9-4-8-22(17-31)34-23)11-12-26(35-27)24-10-2-1-6-20(24)16-30/h1-12,15H,13-14,17-18,31H2,(H,32,35)(H,33,36). The molecule has 8 heteroatoms. The van der Waals surface area contributed by atoms with Crippen LogP contribution in [0, 0.1) is 17.1 Å². The van der Waals surface area contributed by atoms with Crippen LogP contribution in [0.4, 0.5) is 10.2 Å². The number of benzene rings is 2. The molecule has 1 amide bonds. The van der Waals surface area contributed by atoms with Crippen molar-refractivity contribution in [3.05, 3.63) is 113 Å². The molecule has 0 saturated heterocycles. The van der Waals surface area contributed by atoms with E-state index in [1.807, 2.05) is 36.4 Å². The van der Waals surface area contributed by atoms with E-state index in [4.69, 9.17) is 5.73 Å². The molecule has 0 unspecified atom stereocenters. The molecule has 0 saturated carbocycles. The monoisotopic (exact) mass is 480 g/mol. The van der Waals surface area contributed by atoms with Crippen LogP contribution in [-0.2, 0) is 19.5 Å². The van der Waals surface area contributed by atoms with Gasteiger partial charge in [-0.05, 0) is 54.4 Å². The van der Waals surface area contributed by atoms with Gasteiger partial charge < -0.3 is 16.4 Å². The predicted octanol–water partition coefficient (Wildman–Crippen LogP) is 4.20. The molecule has 0 bridgehead atoms. The van der Waals surface area contributed by atoms with Gasteiger partial charge in [0, 0.05) is 18.7 Å². The van der Waals surface area contributed by atoms with Crippen molar-refractivity contribution in [2.45, 2.75) is 19.5 Å². The number of anilines is 1. The molecule has 36 heavy (non-hydrogen) atoms. The number of hydrogen-bond donors (Lipinski definition) is 3. The number of nitrogens with zero attached hydrogens (tertiary/aromatic N) is 3. The highest BCUT2D eigenvalue weighted by molar-refractivity contribution is 5.99. The quantitative estimate of drug-likeness (QED) is 0.331. The molecule has 0 atom stereocenters. The van der Waals surface area contributed by atoms with Crippen LogP contribution < -0.4 is 16.4 Å². The summed E-state index contributed by atoms with van der Waals surface area (Å²) in [7, 11) is 0. The van der Waals surface area contributed by atoms with E-state index in [0.717, 1.165) is 11.3 Å². The molecular formula is C28H25FN6O. The van der Waals surface area contributed by atoms with Crippen LogP contribution in [0.15, 0.2) is 78.9 Å². The minimum Gasteiger partial charge on any atom is -0.369 e. The first kappa shape index (κ1) is 24.5. The number of carbonyl (C=O) groups excluding carboxylic acids is 1. The van der Waals surface area contributed by atoms with Gasteiger partial charge in [0.05, 0.1) is 40.8 Å². The molecule has 0 aliphatic rings. The van der Waals surface area contributed by atoms with Gasteiger partial charge in [-0.1, -0.05) is 36.4 Å². The smallest absolute Gasteiger partial charge is 0.255 e. The van der Waals surface area contributed by atoms with Crippen molar-refractivity contribution in [3.63, 3.8) is 0 Å². The molecule has 0 aliphatic heterocycles. The average Bonchev–Trinajstić information content (AvgIpc) is 2.92. The molecule has 4 rings (SSSR count). The van der Waals surface area contributed by atoms with Gasteiger partial charge in [-0.3, -0.25) is 9.78 Å². The van der Waals surface area contributed by atoms with E-state index < -0.39 is 0 Å². The molecule has 2 heterocycles. The van der Waals surface area contributed by atoms with E-state index in [1.54, 1.807) is 30.3 Å². The number of pyridine rings is 2. The lowest BCUT2D eigenvalue weighted by molar-refractivity contribution is 0.0951. The SMILES string of the molecule is N#Cc1ccccc1-c1ccc(C(=O)NCc2cccc(CN)n2)c(NCCc2cccc(F)c2)n1. The Balaban J connectivity index is 1.57. The van der Waals surface area contributed by atoms with Crippen LogP contribution >= 0.6 is 0 Å². The maximum Gasteiger partial charge on any atom is 0.255 e. The third-order valence-corrected chi connectivity index (χ3v) is 5.56. The first-order valence-corrected chi connectivity index (χ1v) is 11.5. The normalized spacial score (nSPS) is 10.5. The number of amides is 1. The van der Waals surface area contributed by atoms with Crippen molar-refractivity contribution < 1.29 is 9.18 Å². The second-order valence-corrected chi connectivity index (χ2v) is 8.06. The molecule has 2 aromatic carbocycles. The second kappa shape index (κ2) is 11.7. The predicted molar refractivity (Wildman–Crippen MR) is 136 cm³/mol. The fourth-order valence-electron chi connectivity index (χ4n) is 3.76. The van der Waals surface area contributed by atoms with E-state index in [-0.39, 0.29) is 18.3 Å². The van der Waals surface area contributed by atoms with Gasteiger partial charge in [-0.15, -0.1) is 0 Å². The lowest BCUT2D eigenvalue weighted by Crippen LogP contribution is -2.25. The summed E-state index contributed by atoms with van der Waals surface area (Å²) in [5.41, 5.74) is 9.98. The number of halogens is 1. The van der Waals surface area contributed by atoms with Crippen molar-refractivity contribution in [3.8, 4) is 17.3 Å². The molecule has 180 valence electrons. The summed E-state index contributed by atoms with van der Waals surface area (Å²) >= 11 is 0. The Hall–Kier alpha value is -4.61. The summed E-state index contributed by atoms with van der Waals surface area (Å²) in [6.07, 6.45) is 0.537. The average molecular weight is 481 g/mol. The summed E-state index contributed by atoms with van der Waals surface area (Å²) in [6.45, 7) is 0.978. The Morgan fingerprint density at radius 1 is 0.972 bits per heavy atom. The number of aromatic nitrogens is 2. The topological polar surface area (TPSA) is 117 Å². The lowest BCUT2D eigenvalue weighted by Gasteiger charge is -2.14. The molecule has 0 fully saturated rings. The molecule has 2 aromatic heterocycles. The number of rotatable bonds is 9. The van der Waals surface area contributed by atoms with Gasteiger partial charge in [-0.25, -0.2) is 9.37 Å². The van der Waals surface area contributed by atoms with E-state index in [0.29, 0.717) is 53.4 Å². The zero-order valence-electron chi connectivity index (χ0n) is 19.5. The van der Waals surface area contributed by atoms with Crippen LogP contribution in [0.25, 0.3) is 11.3 Å². The van der Waals surface area contributed by atoms with Gasteiger partial charge in [0.2, 0.25) is 0 Å². The Morgan fingerprint density at radius 2 is 1.78 bits per heavy atom. The fraction of sp³-hybridized carbons (Fsp3) is 0.143. The zero-order chi connectivity index (χ0) is 25.3. The van der Waals surface area contributed by atoms with Crippen LogP contribution in [0.2, 0.25) is 0 Å². The first-order valence-electron chi connectivity index (χ1n) is 11.5. The van der Waals surface area contributed by atoms with Gasteiger partial charge in [0.25, 0.3) is 5.91 Å². The van der Waals surface area contributed by atoms with E-state index >= 15 is 0 Å². The number of hydrogen-bond acceptors (Lipinski definition) is 6. The molecule has 7 nitrogen and oxygen atoms in total. The van der Waals surface area contributed by atoms with Crippen molar-refractivity contribution in [1.29, 1.82) is 5.26 Å². The molecule has 0 spiro atoms. The lowest BCUT2D eigenvalue weighted by atomic mass is 10.0. The van der Waals surface area contributed by atoms with Crippen molar-refractivity contribution in [2.75, 3.05) is 11.9 Å². The van der Waals surface area contributed by atoms with Crippen LogP contribution in [0.1, 0.15) is 32.9 Å². The van der Waals surface area contributed by atoms with E-state index in [1.165, 1.54) is 12.1 Å². The Labute approximate surface area is 208 Å². The minimum atomic E-state index is -0.323. The summed E-state index contributed by atoms with van der Waals surface area (Å²) < 4.78 is 13.5. The first-order chi connectivity index (χ1) is 17.6. The maximum absolute atomic E-state index is 13.5. The molecular weight excluding hydrogens is 455 g/mol. The summed E-state index contributed by atoms with van der Waals surface area (Å²) in [4.78, 5) is 22.2. The molecule has 0 aliphatic carbocycles. The highest BCUT2D eigenvalue weighted by atomic mass is 19.1. The maximum atomic E-state index is 13.5. The number of nitrogens with one attached hydrogen (secondary N) is 2. The Morgan fingerprint density at radius 3 is 2.58 bits per heavy atom. The Bertz CT molecular complexity index is 1420.